The second-order valence-electron chi connectivity index (χ2n) is 4.39. The first-order chi connectivity index (χ1) is 5.49. The average molecular weight is 204 g/mol. The van der Waals surface area contributed by atoms with E-state index in [0.717, 1.165) is 17.3 Å². The summed E-state index contributed by atoms with van der Waals surface area (Å²) < 4.78 is 1.02. The summed E-state index contributed by atoms with van der Waals surface area (Å²) in [6, 6.07) is 0. The van der Waals surface area contributed by atoms with E-state index in [2.05, 4.69) is 34.3 Å². The highest BCUT2D eigenvalue weighted by Crippen LogP contribution is 2.13. The van der Waals surface area contributed by atoms with Gasteiger partial charge in [0.2, 0.25) is 0 Å². The normalized spacial score (nSPS) is 10.8. The van der Waals surface area contributed by atoms with Crippen LogP contribution in [0, 0.1) is 5.92 Å². The molecule has 0 unspecified atom stereocenters. The summed E-state index contributed by atoms with van der Waals surface area (Å²) in [6.45, 7) is 8.74. The van der Waals surface area contributed by atoms with Crippen molar-refractivity contribution in [2.75, 3.05) is 27.7 Å². The Balaban J connectivity index is 0. The van der Waals surface area contributed by atoms with Crippen LogP contribution >= 0.6 is 0 Å². The van der Waals surface area contributed by atoms with Gasteiger partial charge in [0, 0.05) is 5.92 Å². The van der Waals surface area contributed by atoms with Crippen LogP contribution < -0.4 is 12.4 Å². The van der Waals surface area contributed by atoms with Crippen LogP contribution in [0.5, 0.6) is 0 Å². The lowest BCUT2D eigenvalue weighted by Gasteiger charge is -2.28. The highest BCUT2D eigenvalue weighted by atomic mass is 35.5. The third-order valence-electron chi connectivity index (χ3n) is 1.81. The summed E-state index contributed by atoms with van der Waals surface area (Å²) in [4.78, 5) is 0. The smallest absolute Gasteiger partial charge is 0.0815 e. The monoisotopic (exact) mass is 203 g/mol. The van der Waals surface area contributed by atoms with Crippen LogP contribution in [0.1, 0.15) is 12.8 Å². The first-order valence-electron chi connectivity index (χ1n) is 4.52. The summed E-state index contributed by atoms with van der Waals surface area (Å²) in [5, 5.41) is 0. The Morgan fingerprint density at radius 2 is 1.46 bits per heavy atom. The molecule has 0 bridgehead atoms. The van der Waals surface area contributed by atoms with Gasteiger partial charge in [-0.3, -0.25) is 0 Å². The van der Waals surface area contributed by atoms with Crippen molar-refractivity contribution >= 4 is 0 Å². The number of hydrogen-bond acceptors (Lipinski definition) is 0. The third kappa shape index (κ3) is 9.65. The van der Waals surface area contributed by atoms with Crippen LogP contribution in [0.25, 0.3) is 0 Å². The molecule has 0 aliphatic rings. The molecular weight excluding hydrogens is 182 g/mol. The molecule has 0 saturated carbocycles. The molecule has 0 aromatic rings. The summed E-state index contributed by atoms with van der Waals surface area (Å²) in [6.07, 6.45) is 6.21. The molecule has 0 rings (SSSR count). The lowest BCUT2D eigenvalue weighted by molar-refractivity contribution is -0.873. The zero-order chi connectivity index (χ0) is 9.61. The molecule has 78 valence electrons. The van der Waals surface area contributed by atoms with Gasteiger partial charge in [0.1, 0.15) is 0 Å². The Hall–Kier alpha value is -0.270. The third-order valence-corrected chi connectivity index (χ3v) is 1.81. The van der Waals surface area contributed by atoms with E-state index < -0.39 is 0 Å². The van der Waals surface area contributed by atoms with Crippen LogP contribution in [0.15, 0.2) is 25.3 Å². The molecule has 0 aliphatic carbocycles. The van der Waals surface area contributed by atoms with Gasteiger partial charge >= 0.3 is 0 Å². The number of allylic oxidation sites excluding steroid dienone is 2. The van der Waals surface area contributed by atoms with Gasteiger partial charge in [0.25, 0.3) is 0 Å². The topological polar surface area (TPSA) is 0 Å². The summed E-state index contributed by atoms with van der Waals surface area (Å²) in [5.41, 5.74) is 0. The molecule has 13 heavy (non-hydrogen) atoms. The first-order valence-corrected chi connectivity index (χ1v) is 4.52. The number of quaternary nitrogens is 1. The van der Waals surface area contributed by atoms with Crippen LogP contribution in [-0.2, 0) is 0 Å². The maximum atomic E-state index is 3.77. The SMILES string of the molecule is C=CCC(CC=C)C[N+](C)(C)C.[Cl-]. The molecule has 0 fully saturated rings. The average Bonchev–Trinajstić information content (AvgIpc) is 1.84. The van der Waals surface area contributed by atoms with Crippen LogP contribution in [0.4, 0.5) is 0 Å². The van der Waals surface area contributed by atoms with E-state index in [0.29, 0.717) is 5.92 Å². The van der Waals surface area contributed by atoms with Gasteiger partial charge in [-0.05, 0) is 12.8 Å². The Morgan fingerprint density at radius 1 is 1.08 bits per heavy atom. The van der Waals surface area contributed by atoms with Crippen molar-refractivity contribution in [2.45, 2.75) is 12.8 Å². The highest BCUT2D eigenvalue weighted by molar-refractivity contribution is 4.79. The minimum Gasteiger partial charge on any atom is -1.00 e. The number of nitrogens with zero attached hydrogens (tertiary/aromatic N) is 1. The minimum absolute atomic E-state index is 0. The Morgan fingerprint density at radius 3 is 1.69 bits per heavy atom. The van der Waals surface area contributed by atoms with Gasteiger partial charge in [0.15, 0.2) is 0 Å². The minimum atomic E-state index is 0. The Kier molecular flexibility index (Phi) is 8.38. The summed E-state index contributed by atoms with van der Waals surface area (Å²) >= 11 is 0. The lowest BCUT2D eigenvalue weighted by Crippen LogP contribution is -3.00. The van der Waals surface area contributed by atoms with Gasteiger partial charge in [-0.15, -0.1) is 13.2 Å². The first kappa shape index (κ1) is 15.2. The second kappa shape index (κ2) is 7.16. The molecule has 0 amide bonds. The van der Waals surface area contributed by atoms with Gasteiger partial charge in [-0.25, -0.2) is 0 Å². The van der Waals surface area contributed by atoms with Gasteiger partial charge in [0.05, 0.1) is 27.7 Å². The molecular formula is C11H22ClN. The van der Waals surface area contributed by atoms with E-state index in [1.807, 2.05) is 12.2 Å². The summed E-state index contributed by atoms with van der Waals surface area (Å²) in [5.74, 6) is 0.708. The molecule has 0 atom stereocenters. The van der Waals surface area contributed by atoms with Crippen molar-refractivity contribution in [3.8, 4) is 0 Å². The van der Waals surface area contributed by atoms with Crippen LogP contribution in [-0.4, -0.2) is 32.2 Å². The highest BCUT2D eigenvalue weighted by Gasteiger charge is 2.15. The molecule has 0 radical (unpaired) electrons. The fraction of sp³-hybridized carbons (Fsp3) is 0.636. The van der Waals surface area contributed by atoms with Gasteiger partial charge < -0.3 is 16.9 Å². The van der Waals surface area contributed by atoms with Crippen molar-refractivity contribution in [1.29, 1.82) is 0 Å². The predicted molar refractivity (Wildman–Crippen MR) is 56.0 cm³/mol. The largest absolute Gasteiger partial charge is 1.00 e. The van der Waals surface area contributed by atoms with E-state index >= 15 is 0 Å². The molecule has 0 aromatic heterocycles. The molecule has 1 nitrogen and oxygen atoms in total. The number of rotatable bonds is 6. The van der Waals surface area contributed by atoms with E-state index in [9.17, 15) is 0 Å². The van der Waals surface area contributed by atoms with Gasteiger partial charge in [-0.2, -0.15) is 0 Å². The maximum absolute atomic E-state index is 3.77. The van der Waals surface area contributed by atoms with E-state index in [1.165, 1.54) is 6.54 Å². The molecule has 0 aromatic carbocycles. The predicted octanol–water partition coefficient (Wildman–Crippen LogP) is -0.535. The zero-order valence-electron chi connectivity index (χ0n) is 9.09. The molecule has 0 spiro atoms. The van der Waals surface area contributed by atoms with Crippen molar-refractivity contribution < 1.29 is 16.9 Å². The van der Waals surface area contributed by atoms with Gasteiger partial charge in [-0.1, -0.05) is 12.2 Å². The quantitative estimate of drug-likeness (QED) is 0.402. The Bertz CT molecular complexity index is 137. The van der Waals surface area contributed by atoms with E-state index in [1.54, 1.807) is 0 Å². The van der Waals surface area contributed by atoms with E-state index in [-0.39, 0.29) is 12.4 Å². The van der Waals surface area contributed by atoms with Crippen molar-refractivity contribution in [1.82, 2.24) is 0 Å². The van der Waals surface area contributed by atoms with Crippen LogP contribution in [0.2, 0.25) is 0 Å². The Labute approximate surface area is 89.1 Å². The number of halogens is 1. The fourth-order valence-electron chi connectivity index (χ4n) is 1.49. The molecule has 0 N–H and O–H groups in total. The summed E-state index contributed by atoms with van der Waals surface area (Å²) in [7, 11) is 6.66. The van der Waals surface area contributed by atoms with Crippen molar-refractivity contribution in [3.05, 3.63) is 25.3 Å². The van der Waals surface area contributed by atoms with Crippen molar-refractivity contribution in [3.63, 3.8) is 0 Å². The number of hydrogen-bond donors (Lipinski definition) is 0. The second-order valence-corrected chi connectivity index (χ2v) is 4.39. The van der Waals surface area contributed by atoms with E-state index in [4.69, 9.17) is 0 Å². The van der Waals surface area contributed by atoms with Crippen molar-refractivity contribution in [2.24, 2.45) is 5.92 Å². The molecule has 2 heteroatoms. The lowest BCUT2D eigenvalue weighted by atomic mass is 10.0. The molecule has 0 aliphatic heterocycles. The molecule has 0 saturated heterocycles. The fourth-order valence-corrected chi connectivity index (χ4v) is 1.49. The standard InChI is InChI=1S/C11H22N.ClH/c1-6-8-11(9-7-2)10-12(3,4)5;/h6-7,11H,1-2,8-10H2,3-5H3;1H/q+1;/p-1. The zero-order valence-corrected chi connectivity index (χ0v) is 9.85. The maximum Gasteiger partial charge on any atom is 0.0815 e. The van der Waals surface area contributed by atoms with Crippen LogP contribution in [0.3, 0.4) is 0 Å². The molecule has 0 heterocycles.